The molecule has 1 aliphatic rings. The van der Waals surface area contributed by atoms with Gasteiger partial charge in [0.05, 0.1) is 0 Å². The Balaban J connectivity index is 1.81. The molecule has 2 aromatic carbocycles. The van der Waals surface area contributed by atoms with Crippen molar-refractivity contribution in [3.05, 3.63) is 53.1 Å². The molecule has 1 aliphatic heterocycles. The lowest BCUT2D eigenvalue weighted by molar-refractivity contribution is 0.174. The number of nitrogens with zero attached hydrogens (tertiary/aromatic N) is 1. The van der Waals surface area contributed by atoms with Crippen LogP contribution in [0.4, 0.5) is 10.5 Å². The molecule has 0 aromatic heterocycles. The van der Waals surface area contributed by atoms with Crippen molar-refractivity contribution in [3.63, 3.8) is 0 Å². The number of rotatable bonds is 6. The summed E-state index contributed by atoms with van der Waals surface area (Å²) in [5, 5.41) is 3.20. The first-order valence-electron chi connectivity index (χ1n) is 9.98. The third kappa shape index (κ3) is 4.24. The molecule has 0 bridgehead atoms. The molecule has 0 fully saturated rings. The first-order valence-corrected chi connectivity index (χ1v) is 9.98. The minimum atomic E-state index is -0.0878. The number of anilines is 1. The summed E-state index contributed by atoms with van der Waals surface area (Å²) in [5.41, 5.74) is 4.29. The van der Waals surface area contributed by atoms with Crippen molar-refractivity contribution in [1.82, 2.24) is 4.90 Å². The fourth-order valence-corrected chi connectivity index (χ4v) is 3.47. The molecule has 0 spiro atoms. The number of benzene rings is 2. The standard InChI is InChI=1S/C23H30N2O3/c1-6-25(13-17-10-11-20-21(12-17)28-14-27-20)23(26)24-22-18(15(2)3)8-7-9-19(22)16(4)5/h7-12,15-16H,6,13-14H2,1-5H3,(H,24,26). The molecule has 1 N–H and O–H groups in total. The lowest BCUT2D eigenvalue weighted by Gasteiger charge is -2.25. The number of ether oxygens (including phenoxy) is 2. The molecule has 0 saturated carbocycles. The van der Waals surface area contributed by atoms with Crippen molar-refractivity contribution in [1.29, 1.82) is 0 Å². The monoisotopic (exact) mass is 382 g/mol. The Morgan fingerprint density at radius 2 is 1.68 bits per heavy atom. The highest BCUT2D eigenvalue weighted by Gasteiger charge is 2.20. The minimum absolute atomic E-state index is 0.0878. The van der Waals surface area contributed by atoms with Crippen LogP contribution in [0, 0.1) is 0 Å². The molecule has 150 valence electrons. The van der Waals surface area contributed by atoms with Crippen LogP contribution >= 0.6 is 0 Å². The molecule has 5 heteroatoms. The van der Waals surface area contributed by atoms with E-state index in [1.54, 1.807) is 4.90 Å². The summed E-state index contributed by atoms with van der Waals surface area (Å²) < 4.78 is 10.8. The summed E-state index contributed by atoms with van der Waals surface area (Å²) in [6.45, 7) is 12.0. The number of fused-ring (bicyclic) bond motifs is 1. The Morgan fingerprint density at radius 3 is 2.29 bits per heavy atom. The number of nitrogens with one attached hydrogen (secondary N) is 1. The maximum Gasteiger partial charge on any atom is 0.322 e. The smallest absolute Gasteiger partial charge is 0.322 e. The highest BCUT2D eigenvalue weighted by atomic mass is 16.7. The third-order valence-electron chi connectivity index (χ3n) is 5.08. The van der Waals surface area contributed by atoms with E-state index in [2.05, 4.69) is 51.2 Å². The first kappa shape index (κ1) is 20.1. The van der Waals surface area contributed by atoms with E-state index in [1.807, 2.05) is 25.1 Å². The Bertz CT molecular complexity index is 819. The SMILES string of the molecule is CCN(Cc1ccc2c(c1)OCO2)C(=O)Nc1c(C(C)C)cccc1C(C)C. The van der Waals surface area contributed by atoms with E-state index in [4.69, 9.17) is 9.47 Å². The van der Waals surface area contributed by atoms with E-state index in [0.717, 1.165) is 22.7 Å². The zero-order chi connectivity index (χ0) is 20.3. The zero-order valence-electron chi connectivity index (χ0n) is 17.4. The van der Waals surface area contributed by atoms with E-state index >= 15 is 0 Å². The van der Waals surface area contributed by atoms with Gasteiger partial charge in [-0.15, -0.1) is 0 Å². The lowest BCUT2D eigenvalue weighted by Crippen LogP contribution is -2.35. The first-order chi connectivity index (χ1) is 13.4. The number of amides is 2. The van der Waals surface area contributed by atoms with Crippen molar-refractivity contribution in [2.24, 2.45) is 0 Å². The highest BCUT2D eigenvalue weighted by Crippen LogP contribution is 2.34. The second-order valence-corrected chi connectivity index (χ2v) is 7.75. The number of hydrogen-bond donors (Lipinski definition) is 1. The fourth-order valence-electron chi connectivity index (χ4n) is 3.47. The predicted octanol–water partition coefficient (Wildman–Crippen LogP) is 5.72. The van der Waals surface area contributed by atoms with Gasteiger partial charge in [-0.1, -0.05) is 52.0 Å². The summed E-state index contributed by atoms with van der Waals surface area (Å²) in [7, 11) is 0. The van der Waals surface area contributed by atoms with Gasteiger partial charge in [-0.05, 0) is 47.6 Å². The van der Waals surface area contributed by atoms with Crippen LogP contribution in [-0.4, -0.2) is 24.3 Å². The van der Waals surface area contributed by atoms with Crippen LogP contribution in [0.5, 0.6) is 11.5 Å². The summed E-state index contributed by atoms with van der Waals surface area (Å²) in [5.74, 6) is 2.15. The molecule has 5 nitrogen and oxygen atoms in total. The molecule has 28 heavy (non-hydrogen) atoms. The summed E-state index contributed by atoms with van der Waals surface area (Å²) in [6, 6.07) is 12.0. The van der Waals surface area contributed by atoms with Gasteiger partial charge in [0, 0.05) is 18.8 Å². The molecular formula is C23H30N2O3. The van der Waals surface area contributed by atoms with Gasteiger partial charge in [0.1, 0.15) is 0 Å². The van der Waals surface area contributed by atoms with Crippen molar-refractivity contribution in [3.8, 4) is 11.5 Å². The zero-order valence-corrected chi connectivity index (χ0v) is 17.4. The van der Waals surface area contributed by atoms with E-state index in [1.165, 1.54) is 11.1 Å². The van der Waals surface area contributed by atoms with Gasteiger partial charge in [-0.25, -0.2) is 4.79 Å². The maximum absolute atomic E-state index is 13.1. The van der Waals surface area contributed by atoms with Crippen LogP contribution in [-0.2, 0) is 6.54 Å². The largest absolute Gasteiger partial charge is 0.454 e. The molecule has 0 unspecified atom stereocenters. The second kappa shape index (κ2) is 8.55. The molecule has 3 rings (SSSR count). The van der Waals surface area contributed by atoms with Crippen molar-refractivity contribution in [2.45, 2.75) is 53.0 Å². The molecule has 0 saturated heterocycles. The number of urea groups is 1. The summed E-state index contributed by atoms with van der Waals surface area (Å²) in [4.78, 5) is 14.9. The second-order valence-electron chi connectivity index (χ2n) is 7.75. The predicted molar refractivity (Wildman–Crippen MR) is 112 cm³/mol. The number of hydrogen-bond acceptors (Lipinski definition) is 3. The minimum Gasteiger partial charge on any atom is -0.454 e. The normalized spacial score (nSPS) is 12.5. The number of carbonyl (C=O) groups excluding carboxylic acids is 1. The van der Waals surface area contributed by atoms with E-state index in [0.29, 0.717) is 24.9 Å². The van der Waals surface area contributed by atoms with Gasteiger partial charge < -0.3 is 19.7 Å². The van der Waals surface area contributed by atoms with Crippen molar-refractivity contribution in [2.75, 3.05) is 18.7 Å². The van der Waals surface area contributed by atoms with Gasteiger partial charge in [0.2, 0.25) is 6.79 Å². The van der Waals surface area contributed by atoms with Crippen LogP contribution in [0.3, 0.4) is 0 Å². The van der Waals surface area contributed by atoms with E-state index in [-0.39, 0.29) is 12.8 Å². The van der Waals surface area contributed by atoms with Gasteiger partial charge >= 0.3 is 6.03 Å². The molecule has 1 heterocycles. The Morgan fingerprint density at radius 1 is 1.04 bits per heavy atom. The van der Waals surface area contributed by atoms with Gasteiger partial charge in [0.15, 0.2) is 11.5 Å². The quantitative estimate of drug-likeness (QED) is 0.695. The maximum atomic E-state index is 13.1. The Labute approximate surface area is 167 Å². The number of para-hydroxylation sites is 1. The molecule has 0 radical (unpaired) electrons. The fraction of sp³-hybridized carbons (Fsp3) is 0.435. The van der Waals surface area contributed by atoms with E-state index < -0.39 is 0 Å². The van der Waals surface area contributed by atoms with Gasteiger partial charge in [-0.3, -0.25) is 0 Å². The summed E-state index contributed by atoms with van der Waals surface area (Å²) >= 11 is 0. The third-order valence-corrected chi connectivity index (χ3v) is 5.08. The number of carbonyl (C=O) groups is 1. The highest BCUT2D eigenvalue weighted by molar-refractivity contribution is 5.91. The van der Waals surface area contributed by atoms with Crippen molar-refractivity contribution >= 4 is 11.7 Å². The average molecular weight is 383 g/mol. The van der Waals surface area contributed by atoms with E-state index in [9.17, 15) is 4.79 Å². The van der Waals surface area contributed by atoms with Crippen LogP contribution in [0.25, 0.3) is 0 Å². The Hall–Kier alpha value is -2.69. The Kier molecular flexibility index (Phi) is 6.12. The van der Waals surface area contributed by atoms with Crippen LogP contribution in [0.2, 0.25) is 0 Å². The molecule has 2 aromatic rings. The van der Waals surface area contributed by atoms with Crippen LogP contribution in [0.15, 0.2) is 36.4 Å². The van der Waals surface area contributed by atoms with Crippen LogP contribution < -0.4 is 14.8 Å². The van der Waals surface area contributed by atoms with Crippen LogP contribution in [0.1, 0.15) is 63.1 Å². The summed E-state index contributed by atoms with van der Waals surface area (Å²) in [6.07, 6.45) is 0. The topological polar surface area (TPSA) is 50.8 Å². The van der Waals surface area contributed by atoms with Crippen molar-refractivity contribution < 1.29 is 14.3 Å². The van der Waals surface area contributed by atoms with Gasteiger partial charge in [-0.2, -0.15) is 0 Å². The van der Waals surface area contributed by atoms with Gasteiger partial charge in [0.25, 0.3) is 0 Å². The molecule has 0 atom stereocenters. The lowest BCUT2D eigenvalue weighted by atomic mass is 9.93. The molecule has 0 aliphatic carbocycles. The molecular weight excluding hydrogens is 352 g/mol. The average Bonchev–Trinajstić information content (AvgIpc) is 3.13. The molecule has 2 amide bonds.